The van der Waals surface area contributed by atoms with Crippen molar-refractivity contribution in [2.45, 2.75) is 32.1 Å². The first-order chi connectivity index (χ1) is 6.75. The van der Waals surface area contributed by atoms with Gasteiger partial charge in [0.1, 0.15) is 0 Å². The minimum Gasteiger partial charge on any atom is -0.370 e. The number of primary amides is 1. The summed E-state index contributed by atoms with van der Waals surface area (Å²) < 4.78 is 0. The van der Waals surface area contributed by atoms with Crippen LogP contribution in [0.5, 0.6) is 0 Å². The number of nitrogens with zero attached hydrogens (tertiary/aromatic N) is 1. The van der Waals surface area contributed by atoms with E-state index in [-0.39, 0.29) is 5.91 Å². The summed E-state index contributed by atoms with van der Waals surface area (Å²) in [4.78, 5) is 13.1. The van der Waals surface area contributed by atoms with Crippen LogP contribution in [0.4, 0.5) is 0 Å². The molecule has 1 saturated heterocycles. The standard InChI is InChI=1S/C11H20N2O/c12-11(14)5-6-13-7-9-3-1-2-4-10(9)8-13/h9-10H,1-8H2,(H2,12,14)/t9-,10+. The van der Waals surface area contributed by atoms with Gasteiger partial charge < -0.3 is 10.6 Å². The van der Waals surface area contributed by atoms with E-state index < -0.39 is 0 Å². The Kier molecular flexibility index (Phi) is 3.06. The van der Waals surface area contributed by atoms with E-state index in [0.29, 0.717) is 6.42 Å². The quantitative estimate of drug-likeness (QED) is 0.731. The van der Waals surface area contributed by atoms with Crippen molar-refractivity contribution in [1.29, 1.82) is 0 Å². The lowest BCUT2D eigenvalue weighted by Crippen LogP contribution is -2.26. The number of nitrogens with two attached hydrogens (primary N) is 1. The maximum Gasteiger partial charge on any atom is 0.218 e. The number of carbonyl (C=O) groups is 1. The van der Waals surface area contributed by atoms with Crippen molar-refractivity contribution in [2.24, 2.45) is 17.6 Å². The Balaban J connectivity index is 1.78. The van der Waals surface area contributed by atoms with Crippen LogP contribution in [0, 0.1) is 11.8 Å². The maximum absolute atomic E-state index is 10.7. The fourth-order valence-electron chi connectivity index (χ4n) is 2.95. The molecule has 2 rings (SSSR count). The maximum atomic E-state index is 10.7. The van der Waals surface area contributed by atoms with Gasteiger partial charge in [0.2, 0.25) is 5.91 Å². The van der Waals surface area contributed by atoms with Gasteiger partial charge in [0, 0.05) is 26.1 Å². The van der Waals surface area contributed by atoms with Crippen LogP contribution in [0.25, 0.3) is 0 Å². The van der Waals surface area contributed by atoms with Crippen LogP contribution in [0.3, 0.4) is 0 Å². The van der Waals surface area contributed by atoms with Crippen LogP contribution in [0.1, 0.15) is 32.1 Å². The van der Waals surface area contributed by atoms with Gasteiger partial charge in [-0.3, -0.25) is 4.79 Å². The molecule has 0 bridgehead atoms. The van der Waals surface area contributed by atoms with Gasteiger partial charge in [-0.05, 0) is 24.7 Å². The van der Waals surface area contributed by atoms with Crippen molar-refractivity contribution in [2.75, 3.05) is 19.6 Å². The average Bonchev–Trinajstić information content (AvgIpc) is 2.57. The number of rotatable bonds is 3. The molecule has 0 spiro atoms. The zero-order chi connectivity index (χ0) is 9.97. The third-order valence-corrected chi connectivity index (χ3v) is 3.73. The minimum atomic E-state index is -0.167. The molecule has 0 aromatic rings. The Labute approximate surface area is 85.6 Å². The van der Waals surface area contributed by atoms with Crippen LogP contribution in [0.2, 0.25) is 0 Å². The van der Waals surface area contributed by atoms with Gasteiger partial charge in [-0.2, -0.15) is 0 Å². The van der Waals surface area contributed by atoms with Gasteiger partial charge in [0.25, 0.3) is 0 Å². The van der Waals surface area contributed by atoms with Crippen LogP contribution in [-0.4, -0.2) is 30.4 Å². The van der Waals surface area contributed by atoms with Gasteiger partial charge in [-0.15, -0.1) is 0 Å². The highest BCUT2D eigenvalue weighted by atomic mass is 16.1. The SMILES string of the molecule is NC(=O)CCN1C[C@H]2CCCC[C@H]2C1. The smallest absolute Gasteiger partial charge is 0.218 e. The summed E-state index contributed by atoms with van der Waals surface area (Å²) in [6, 6.07) is 0. The molecular formula is C11H20N2O. The summed E-state index contributed by atoms with van der Waals surface area (Å²) in [6.07, 6.45) is 6.14. The Hall–Kier alpha value is -0.570. The van der Waals surface area contributed by atoms with Crippen molar-refractivity contribution in [3.8, 4) is 0 Å². The molecule has 1 saturated carbocycles. The molecule has 0 radical (unpaired) electrons. The molecule has 2 atom stereocenters. The average molecular weight is 196 g/mol. The van der Waals surface area contributed by atoms with E-state index in [1.165, 1.54) is 38.8 Å². The van der Waals surface area contributed by atoms with E-state index in [2.05, 4.69) is 4.90 Å². The molecule has 0 aromatic carbocycles. The van der Waals surface area contributed by atoms with Crippen LogP contribution >= 0.6 is 0 Å². The van der Waals surface area contributed by atoms with Crippen LogP contribution < -0.4 is 5.73 Å². The summed E-state index contributed by atoms with van der Waals surface area (Å²) >= 11 is 0. The predicted molar refractivity (Wildman–Crippen MR) is 55.7 cm³/mol. The molecular weight excluding hydrogens is 176 g/mol. The summed E-state index contributed by atoms with van der Waals surface area (Å²) in [5.41, 5.74) is 5.15. The number of carbonyl (C=O) groups excluding carboxylic acids is 1. The highest BCUT2D eigenvalue weighted by Crippen LogP contribution is 2.35. The van der Waals surface area contributed by atoms with Crippen molar-refractivity contribution < 1.29 is 4.79 Å². The van der Waals surface area contributed by atoms with Gasteiger partial charge in [0.15, 0.2) is 0 Å². The first kappa shape index (κ1) is 9.97. The van der Waals surface area contributed by atoms with E-state index in [1.807, 2.05) is 0 Å². The van der Waals surface area contributed by atoms with Gasteiger partial charge in [-0.1, -0.05) is 12.8 Å². The van der Waals surface area contributed by atoms with Crippen LogP contribution in [-0.2, 0) is 4.79 Å². The van der Waals surface area contributed by atoms with Gasteiger partial charge in [-0.25, -0.2) is 0 Å². The third kappa shape index (κ3) is 2.27. The van der Waals surface area contributed by atoms with Crippen molar-refractivity contribution >= 4 is 5.91 Å². The Morgan fingerprint density at radius 2 is 1.79 bits per heavy atom. The molecule has 3 heteroatoms. The lowest BCUT2D eigenvalue weighted by molar-refractivity contribution is -0.118. The molecule has 2 aliphatic rings. The normalized spacial score (nSPS) is 32.9. The molecule has 1 aliphatic heterocycles. The van der Waals surface area contributed by atoms with Crippen molar-refractivity contribution in [1.82, 2.24) is 4.90 Å². The first-order valence-corrected chi connectivity index (χ1v) is 5.76. The highest BCUT2D eigenvalue weighted by molar-refractivity contribution is 5.73. The van der Waals surface area contributed by atoms with Gasteiger partial charge in [0.05, 0.1) is 0 Å². The molecule has 1 heterocycles. The summed E-state index contributed by atoms with van der Waals surface area (Å²) in [6.45, 7) is 3.29. The second-order valence-corrected chi connectivity index (χ2v) is 4.78. The Morgan fingerprint density at radius 3 is 2.29 bits per heavy atom. The summed E-state index contributed by atoms with van der Waals surface area (Å²) in [5.74, 6) is 1.66. The summed E-state index contributed by atoms with van der Waals surface area (Å²) in [5, 5.41) is 0. The molecule has 2 N–H and O–H groups in total. The van der Waals surface area contributed by atoms with Crippen molar-refractivity contribution in [3.05, 3.63) is 0 Å². The molecule has 2 fully saturated rings. The highest BCUT2D eigenvalue weighted by Gasteiger charge is 2.33. The Morgan fingerprint density at radius 1 is 1.21 bits per heavy atom. The fourth-order valence-corrected chi connectivity index (χ4v) is 2.95. The van der Waals surface area contributed by atoms with E-state index in [1.54, 1.807) is 0 Å². The van der Waals surface area contributed by atoms with E-state index in [9.17, 15) is 4.79 Å². The first-order valence-electron chi connectivity index (χ1n) is 5.76. The monoisotopic (exact) mass is 196 g/mol. The zero-order valence-corrected chi connectivity index (χ0v) is 8.74. The van der Waals surface area contributed by atoms with Crippen molar-refractivity contribution in [3.63, 3.8) is 0 Å². The number of fused-ring (bicyclic) bond motifs is 1. The van der Waals surface area contributed by atoms with E-state index >= 15 is 0 Å². The second-order valence-electron chi connectivity index (χ2n) is 4.78. The third-order valence-electron chi connectivity index (χ3n) is 3.73. The molecule has 1 aliphatic carbocycles. The van der Waals surface area contributed by atoms with E-state index in [4.69, 9.17) is 5.73 Å². The molecule has 0 unspecified atom stereocenters. The lowest BCUT2D eigenvalue weighted by atomic mass is 9.82. The number of likely N-dealkylation sites (tertiary alicyclic amines) is 1. The molecule has 0 aromatic heterocycles. The topological polar surface area (TPSA) is 46.3 Å². The second kappa shape index (κ2) is 4.30. The fraction of sp³-hybridized carbons (Fsp3) is 0.909. The zero-order valence-electron chi connectivity index (χ0n) is 8.74. The predicted octanol–water partition coefficient (Wildman–Crippen LogP) is 0.984. The summed E-state index contributed by atoms with van der Waals surface area (Å²) in [7, 11) is 0. The molecule has 3 nitrogen and oxygen atoms in total. The number of hydrogen-bond donors (Lipinski definition) is 1. The molecule has 80 valence electrons. The molecule has 14 heavy (non-hydrogen) atoms. The van der Waals surface area contributed by atoms with Gasteiger partial charge >= 0.3 is 0 Å². The van der Waals surface area contributed by atoms with E-state index in [0.717, 1.165) is 18.4 Å². The molecule has 1 amide bonds. The largest absolute Gasteiger partial charge is 0.370 e. The minimum absolute atomic E-state index is 0.167. The number of amides is 1. The number of hydrogen-bond acceptors (Lipinski definition) is 2. The van der Waals surface area contributed by atoms with Crippen LogP contribution in [0.15, 0.2) is 0 Å². The lowest BCUT2D eigenvalue weighted by Gasteiger charge is -2.23. The Bertz CT molecular complexity index is 203.